The number of hydrogen-bond acceptors (Lipinski definition) is 7. The van der Waals surface area contributed by atoms with Gasteiger partial charge in [-0.1, -0.05) is 0 Å². The summed E-state index contributed by atoms with van der Waals surface area (Å²) in [6.45, 7) is 10.8. The van der Waals surface area contributed by atoms with Crippen LogP contribution >= 0.6 is 11.8 Å². The highest BCUT2D eigenvalue weighted by Crippen LogP contribution is 2.41. The second-order valence-corrected chi connectivity index (χ2v) is 11.0. The van der Waals surface area contributed by atoms with Crippen molar-refractivity contribution < 1.29 is 19.1 Å². The van der Waals surface area contributed by atoms with Crippen molar-refractivity contribution in [3.63, 3.8) is 0 Å². The van der Waals surface area contributed by atoms with Gasteiger partial charge in [0.25, 0.3) is 0 Å². The Morgan fingerprint density at radius 3 is 2.17 bits per heavy atom. The smallest absolute Gasteiger partial charge is 0.408 e. The second kappa shape index (κ2) is 10.0. The van der Waals surface area contributed by atoms with E-state index >= 15 is 0 Å². The van der Waals surface area contributed by atoms with Crippen molar-refractivity contribution in [2.75, 3.05) is 11.5 Å². The zero-order chi connectivity index (χ0) is 22.4. The fraction of sp³-hybridized carbons (Fsp3) is 0.810. The molecule has 1 amide bonds. The lowest BCUT2D eigenvalue weighted by atomic mass is 9.75. The summed E-state index contributed by atoms with van der Waals surface area (Å²) in [7, 11) is 0. The van der Waals surface area contributed by atoms with Crippen LogP contribution < -0.4 is 5.32 Å². The molecule has 0 aliphatic heterocycles. The van der Waals surface area contributed by atoms with E-state index in [1.54, 1.807) is 44.9 Å². The molecule has 1 aliphatic rings. The van der Waals surface area contributed by atoms with Gasteiger partial charge in [-0.2, -0.15) is 26.8 Å². The maximum Gasteiger partial charge on any atom is 0.408 e. The van der Waals surface area contributed by atoms with Gasteiger partial charge < -0.3 is 14.8 Å². The number of nitrogens with one attached hydrogen (secondary N) is 1. The molecule has 0 radical (unpaired) electrons. The minimum absolute atomic E-state index is 0.0375. The van der Waals surface area contributed by atoms with E-state index in [0.717, 1.165) is 30.8 Å². The van der Waals surface area contributed by atoms with E-state index in [2.05, 4.69) is 15.5 Å². The van der Waals surface area contributed by atoms with Crippen LogP contribution in [-0.4, -0.2) is 55.8 Å². The Morgan fingerprint density at radius 2 is 1.67 bits per heavy atom. The van der Waals surface area contributed by atoms with E-state index in [1.165, 1.54) is 6.42 Å². The van der Waals surface area contributed by atoms with Gasteiger partial charge in [0, 0.05) is 0 Å². The molecule has 9 heteroatoms. The molecule has 0 aromatic carbocycles. The molecule has 8 nitrogen and oxygen atoms in total. The fourth-order valence-corrected chi connectivity index (χ4v) is 4.36. The lowest BCUT2D eigenvalue weighted by molar-refractivity contribution is -0.157. The van der Waals surface area contributed by atoms with Gasteiger partial charge in [-0.05, 0) is 85.2 Å². The van der Waals surface area contributed by atoms with E-state index in [9.17, 15) is 9.59 Å². The number of hydrogen-bond donors (Lipinski definition) is 1. The van der Waals surface area contributed by atoms with E-state index in [1.807, 2.05) is 25.6 Å². The molecule has 1 aliphatic carbocycles. The Labute approximate surface area is 183 Å². The molecule has 170 valence electrons. The minimum atomic E-state index is -0.739. The van der Waals surface area contributed by atoms with Gasteiger partial charge in [0.05, 0.1) is 17.9 Å². The van der Waals surface area contributed by atoms with Gasteiger partial charge in [0.1, 0.15) is 17.2 Å². The average Bonchev–Trinajstić information content (AvgIpc) is 3.06. The zero-order valence-corrected chi connectivity index (χ0v) is 19.9. The third-order valence-electron chi connectivity index (χ3n) is 4.77. The Balaban J connectivity index is 1.84. The van der Waals surface area contributed by atoms with Crippen LogP contribution in [0.3, 0.4) is 0 Å². The van der Waals surface area contributed by atoms with Gasteiger partial charge in [-0.25, -0.2) is 9.59 Å². The highest BCUT2D eigenvalue weighted by Gasteiger charge is 2.40. The predicted octanol–water partition coefficient (Wildman–Crippen LogP) is 3.91. The van der Waals surface area contributed by atoms with Gasteiger partial charge in [0.2, 0.25) is 0 Å². The van der Waals surface area contributed by atoms with Crippen LogP contribution in [0.4, 0.5) is 4.79 Å². The first-order chi connectivity index (χ1) is 13.9. The summed E-state index contributed by atoms with van der Waals surface area (Å²) in [4.78, 5) is 26.6. The van der Waals surface area contributed by atoms with Crippen molar-refractivity contribution in [1.29, 1.82) is 0 Å². The number of esters is 1. The zero-order valence-electron chi connectivity index (χ0n) is 19.1. The molecule has 0 bridgehead atoms. The standard InChI is InChI=1S/C21H36N4O4S/c1-19(2,3)28-17(26)16(24-18(27)29-20(4,5)6)8-14-30-15-11-21(9-7-10-21)25-22-12-13-23-25/h12-13,16H,7-11,14-15H2,1-6H3,(H,24,27)/t16-/m0/s1. The molecular weight excluding hydrogens is 404 g/mol. The number of rotatable bonds is 9. The molecule has 0 unspecified atom stereocenters. The first-order valence-electron chi connectivity index (χ1n) is 10.6. The molecule has 1 aromatic heterocycles. The molecule has 0 spiro atoms. The van der Waals surface area contributed by atoms with Crippen molar-refractivity contribution >= 4 is 23.8 Å². The molecule has 1 atom stereocenters. The number of aromatic nitrogens is 3. The molecule has 30 heavy (non-hydrogen) atoms. The second-order valence-electron chi connectivity index (χ2n) is 9.78. The number of nitrogens with zero attached hydrogens (tertiary/aromatic N) is 3. The molecule has 1 N–H and O–H groups in total. The van der Waals surface area contributed by atoms with Crippen LogP contribution in [0.5, 0.6) is 0 Å². The summed E-state index contributed by atoms with van der Waals surface area (Å²) < 4.78 is 10.8. The van der Waals surface area contributed by atoms with Crippen LogP contribution in [0, 0.1) is 0 Å². The van der Waals surface area contributed by atoms with E-state index in [0.29, 0.717) is 6.42 Å². The maximum absolute atomic E-state index is 12.6. The lowest BCUT2D eigenvalue weighted by Crippen LogP contribution is -2.46. The Kier molecular flexibility index (Phi) is 8.19. The Bertz CT molecular complexity index is 691. The molecule has 0 saturated heterocycles. The average molecular weight is 441 g/mol. The fourth-order valence-electron chi connectivity index (χ4n) is 3.23. The normalized spacial score (nSPS) is 17.0. The largest absolute Gasteiger partial charge is 0.458 e. The van der Waals surface area contributed by atoms with E-state index in [-0.39, 0.29) is 5.54 Å². The molecular formula is C21H36N4O4S. The van der Waals surface area contributed by atoms with Gasteiger partial charge in [0.15, 0.2) is 0 Å². The maximum atomic E-state index is 12.6. The first kappa shape index (κ1) is 24.5. The highest BCUT2D eigenvalue weighted by molar-refractivity contribution is 7.99. The molecule has 1 heterocycles. The summed E-state index contributed by atoms with van der Waals surface area (Å²) in [6.07, 6.45) is 7.71. The number of alkyl carbamates (subject to hydrolysis) is 1. The van der Waals surface area contributed by atoms with Gasteiger partial charge >= 0.3 is 12.1 Å². The van der Waals surface area contributed by atoms with E-state index < -0.39 is 29.3 Å². The quantitative estimate of drug-likeness (QED) is 0.459. The molecule has 1 fully saturated rings. The predicted molar refractivity (Wildman–Crippen MR) is 117 cm³/mol. The third kappa shape index (κ3) is 7.81. The van der Waals surface area contributed by atoms with Gasteiger partial charge in [-0.15, -0.1) is 0 Å². The molecule has 1 saturated carbocycles. The summed E-state index contributed by atoms with van der Waals surface area (Å²) >= 11 is 1.76. The SMILES string of the molecule is CC(C)(C)OC(=O)N[C@@H](CCSCCC1(n2nccn2)CCC1)C(=O)OC(C)(C)C. The van der Waals surface area contributed by atoms with Crippen LogP contribution in [-0.2, 0) is 19.8 Å². The number of amides is 1. The van der Waals surface area contributed by atoms with Crippen molar-refractivity contribution in [1.82, 2.24) is 20.3 Å². The van der Waals surface area contributed by atoms with Crippen LogP contribution in [0.1, 0.15) is 73.6 Å². The molecule has 2 rings (SSSR count). The summed E-state index contributed by atoms with van der Waals surface area (Å²) in [5.41, 5.74) is -1.21. The summed E-state index contributed by atoms with van der Waals surface area (Å²) in [5.74, 6) is 1.22. The van der Waals surface area contributed by atoms with E-state index in [4.69, 9.17) is 9.47 Å². The van der Waals surface area contributed by atoms with Crippen molar-refractivity contribution in [3.8, 4) is 0 Å². The Morgan fingerprint density at radius 1 is 1.07 bits per heavy atom. The van der Waals surface area contributed by atoms with Crippen LogP contribution in [0.15, 0.2) is 12.4 Å². The third-order valence-corrected chi connectivity index (χ3v) is 5.79. The number of thioether (sulfide) groups is 1. The summed E-state index contributed by atoms with van der Waals surface area (Å²) in [6, 6.07) is -0.739. The number of ether oxygens (including phenoxy) is 2. The number of carbonyl (C=O) groups is 2. The minimum Gasteiger partial charge on any atom is -0.458 e. The van der Waals surface area contributed by atoms with Gasteiger partial charge in [-0.3, -0.25) is 0 Å². The summed E-state index contributed by atoms with van der Waals surface area (Å²) in [5, 5.41) is 11.3. The lowest BCUT2D eigenvalue weighted by Gasteiger charge is -2.40. The number of carbonyl (C=O) groups excluding carboxylic acids is 2. The molecule has 1 aromatic rings. The monoisotopic (exact) mass is 440 g/mol. The van der Waals surface area contributed by atoms with Crippen molar-refractivity contribution in [3.05, 3.63) is 12.4 Å². The topological polar surface area (TPSA) is 95.3 Å². The van der Waals surface area contributed by atoms with Crippen molar-refractivity contribution in [2.24, 2.45) is 0 Å². The highest BCUT2D eigenvalue weighted by atomic mass is 32.2. The first-order valence-corrected chi connectivity index (χ1v) is 11.7. The Hall–Kier alpha value is -1.77. The van der Waals surface area contributed by atoms with Crippen LogP contribution in [0.2, 0.25) is 0 Å². The van der Waals surface area contributed by atoms with Crippen molar-refractivity contribution in [2.45, 2.75) is 96.4 Å². The van der Waals surface area contributed by atoms with Crippen LogP contribution in [0.25, 0.3) is 0 Å².